The normalized spacial score (nSPS) is 21.2. The van der Waals surface area contributed by atoms with Crippen molar-refractivity contribution in [3.05, 3.63) is 24.3 Å². The van der Waals surface area contributed by atoms with Crippen molar-refractivity contribution in [1.82, 2.24) is 0 Å². The van der Waals surface area contributed by atoms with Crippen molar-refractivity contribution in [3.63, 3.8) is 0 Å². The fourth-order valence-corrected chi connectivity index (χ4v) is 2.83. The molecular formula is C12H17NS. The Hall–Kier alpha value is -0.630. The maximum atomic E-state index is 3.64. The number of anilines is 1. The number of fused-ring (bicyclic) bond motifs is 1. The van der Waals surface area contributed by atoms with Gasteiger partial charge in [0.05, 0.1) is 0 Å². The van der Waals surface area contributed by atoms with Crippen LogP contribution < -0.4 is 5.32 Å². The average molecular weight is 207 g/mol. The van der Waals surface area contributed by atoms with Crippen LogP contribution in [0.15, 0.2) is 29.2 Å². The monoisotopic (exact) mass is 207 g/mol. The Bertz CT molecular complexity index is 309. The van der Waals surface area contributed by atoms with E-state index in [2.05, 4.69) is 43.4 Å². The zero-order chi connectivity index (χ0) is 9.97. The Labute approximate surface area is 90.3 Å². The standard InChI is InChI=1S/C12H17NS/c1-9(2)10-7-8-14-12-6-4-3-5-11(12)13-10/h3-6,9-10,13H,7-8H2,1-2H3. The maximum absolute atomic E-state index is 3.64. The Morgan fingerprint density at radius 1 is 1.36 bits per heavy atom. The van der Waals surface area contributed by atoms with Gasteiger partial charge in [-0.3, -0.25) is 0 Å². The van der Waals surface area contributed by atoms with Crippen molar-refractivity contribution < 1.29 is 0 Å². The lowest BCUT2D eigenvalue weighted by Gasteiger charge is -2.21. The number of benzene rings is 1. The molecule has 1 atom stereocenters. The van der Waals surface area contributed by atoms with E-state index in [9.17, 15) is 0 Å². The van der Waals surface area contributed by atoms with Gasteiger partial charge >= 0.3 is 0 Å². The van der Waals surface area contributed by atoms with Gasteiger partial charge in [-0.2, -0.15) is 0 Å². The first-order valence-corrected chi connectivity index (χ1v) is 6.24. The molecule has 1 N–H and O–H groups in total. The molecule has 0 spiro atoms. The fraction of sp³-hybridized carbons (Fsp3) is 0.500. The third-order valence-electron chi connectivity index (χ3n) is 2.72. The van der Waals surface area contributed by atoms with Crippen molar-refractivity contribution in [2.75, 3.05) is 11.1 Å². The lowest BCUT2D eigenvalue weighted by molar-refractivity contribution is 0.515. The van der Waals surface area contributed by atoms with Crippen LogP contribution in [0, 0.1) is 5.92 Å². The quantitative estimate of drug-likeness (QED) is 0.755. The van der Waals surface area contributed by atoms with Crippen LogP contribution in [0.25, 0.3) is 0 Å². The molecule has 0 aromatic heterocycles. The van der Waals surface area contributed by atoms with E-state index in [1.54, 1.807) is 0 Å². The highest BCUT2D eigenvalue weighted by Gasteiger charge is 2.17. The van der Waals surface area contributed by atoms with E-state index in [0.717, 1.165) is 0 Å². The van der Waals surface area contributed by atoms with E-state index >= 15 is 0 Å². The molecule has 1 nitrogen and oxygen atoms in total. The largest absolute Gasteiger partial charge is 0.381 e. The highest BCUT2D eigenvalue weighted by atomic mass is 32.2. The van der Waals surface area contributed by atoms with Gasteiger partial charge < -0.3 is 5.32 Å². The summed E-state index contributed by atoms with van der Waals surface area (Å²) in [5.41, 5.74) is 1.31. The van der Waals surface area contributed by atoms with Crippen LogP contribution in [0.2, 0.25) is 0 Å². The van der Waals surface area contributed by atoms with Gasteiger partial charge in [-0.05, 0) is 24.5 Å². The van der Waals surface area contributed by atoms with Crippen LogP contribution in [0.3, 0.4) is 0 Å². The van der Waals surface area contributed by atoms with E-state index < -0.39 is 0 Å². The molecule has 0 aliphatic carbocycles. The molecule has 2 heteroatoms. The second-order valence-corrected chi connectivity index (χ2v) is 5.26. The first-order valence-electron chi connectivity index (χ1n) is 5.26. The molecule has 0 amide bonds. The SMILES string of the molecule is CC(C)C1CCSc2ccccc2N1. The molecule has 1 aliphatic heterocycles. The maximum Gasteiger partial charge on any atom is 0.0480 e. The van der Waals surface area contributed by atoms with Crippen LogP contribution >= 0.6 is 11.8 Å². The molecule has 1 heterocycles. The summed E-state index contributed by atoms with van der Waals surface area (Å²) in [6.45, 7) is 4.58. The number of hydrogen-bond acceptors (Lipinski definition) is 2. The van der Waals surface area contributed by atoms with E-state index in [0.29, 0.717) is 12.0 Å². The molecule has 14 heavy (non-hydrogen) atoms. The smallest absolute Gasteiger partial charge is 0.0480 e. The van der Waals surface area contributed by atoms with E-state index in [1.165, 1.54) is 22.8 Å². The summed E-state index contributed by atoms with van der Waals surface area (Å²) >= 11 is 1.97. The summed E-state index contributed by atoms with van der Waals surface area (Å²) < 4.78 is 0. The van der Waals surface area contributed by atoms with Gasteiger partial charge in [0.2, 0.25) is 0 Å². The average Bonchev–Trinajstić information content (AvgIpc) is 2.39. The molecular weight excluding hydrogens is 190 g/mol. The Morgan fingerprint density at radius 2 is 2.14 bits per heavy atom. The number of rotatable bonds is 1. The third-order valence-corrected chi connectivity index (χ3v) is 3.83. The molecule has 2 rings (SSSR count). The zero-order valence-electron chi connectivity index (χ0n) is 8.79. The molecule has 1 aromatic rings. The predicted octanol–water partition coefficient (Wildman–Crippen LogP) is 3.62. The summed E-state index contributed by atoms with van der Waals surface area (Å²) in [5.74, 6) is 1.94. The zero-order valence-corrected chi connectivity index (χ0v) is 9.60. The molecule has 1 aliphatic rings. The van der Waals surface area contributed by atoms with E-state index in [1.807, 2.05) is 11.8 Å². The number of thioether (sulfide) groups is 1. The van der Waals surface area contributed by atoms with Crippen molar-refractivity contribution in [3.8, 4) is 0 Å². The molecule has 76 valence electrons. The van der Waals surface area contributed by atoms with Crippen molar-refractivity contribution in [1.29, 1.82) is 0 Å². The van der Waals surface area contributed by atoms with Gasteiger partial charge in [0.15, 0.2) is 0 Å². The van der Waals surface area contributed by atoms with Gasteiger partial charge in [-0.25, -0.2) is 0 Å². The Balaban J connectivity index is 2.22. The highest BCUT2D eigenvalue weighted by molar-refractivity contribution is 7.99. The van der Waals surface area contributed by atoms with E-state index in [-0.39, 0.29) is 0 Å². The molecule has 1 unspecified atom stereocenters. The van der Waals surface area contributed by atoms with Gasteiger partial charge in [-0.1, -0.05) is 26.0 Å². The summed E-state index contributed by atoms with van der Waals surface area (Å²) in [4.78, 5) is 1.40. The number of nitrogens with one attached hydrogen (secondary N) is 1. The fourth-order valence-electron chi connectivity index (χ4n) is 1.78. The predicted molar refractivity (Wildman–Crippen MR) is 64.0 cm³/mol. The first kappa shape index (κ1) is 9.91. The Kier molecular flexibility index (Phi) is 3.02. The van der Waals surface area contributed by atoms with Gasteiger partial charge in [0, 0.05) is 22.4 Å². The lowest BCUT2D eigenvalue weighted by atomic mass is 10.0. The van der Waals surface area contributed by atoms with Crippen LogP contribution in [0.5, 0.6) is 0 Å². The number of hydrogen-bond donors (Lipinski definition) is 1. The van der Waals surface area contributed by atoms with Crippen molar-refractivity contribution >= 4 is 17.4 Å². The van der Waals surface area contributed by atoms with Gasteiger partial charge in [0.1, 0.15) is 0 Å². The second kappa shape index (κ2) is 4.26. The van der Waals surface area contributed by atoms with E-state index in [4.69, 9.17) is 0 Å². The molecule has 0 bridgehead atoms. The molecule has 0 saturated carbocycles. The van der Waals surface area contributed by atoms with Crippen LogP contribution in [-0.4, -0.2) is 11.8 Å². The minimum Gasteiger partial charge on any atom is -0.381 e. The Morgan fingerprint density at radius 3 is 2.93 bits per heavy atom. The number of para-hydroxylation sites is 1. The minimum atomic E-state index is 0.631. The highest BCUT2D eigenvalue weighted by Crippen LogP contribution is 2.33. The minimum absolute atomic E-state index is 0.631. The van der Waals surface area contributed by atoms with Crippen molar-refractivity contribution in [2.45, 2.75) is 31.2 Å². The summed E-state index contributed by atoms with van der Waals surface area (Å²) in [5, 5.41) is 3.64. The van der Waals surface area contributed by atoms with Crippen LogP contribution in [0.4, 0.5) is 5.69 Å². The van der Waals surface area contributed by atoms with Gasteiger partial charge in [0.25, 0.3) is 0 Å². The van der Waals surface area contributed by atoms with Crippen LogP contribution in [0.1, 0.15) is 20.3 Å². The second-order valence-electron chi connectivity index (χ2n) is 4.13. The topological polar surface area (TPSA) is 12.0 Å². The third kappa shape index (κ3) is 2.06. The van der Waals surface area contributed by atoms with Gasteiger partial charge in [-0.15, -0.1) is 11.8 Å². The van der Waals surface area contributed by atoms with Crippen LogP contribution in [-0.2, 0) is 0 Å². The lowest BCUT2D eigenvalue weighted by Crippen LogP contribution is -2.25. The molecule has 0 saturated heterocycles. The first-order chi connectivity index (χ1) is 6.77. The summed E-state index contributed by atoms with van der Waals surface area (Å²) in [6, 6.07) is 9.24. The summed E-state index contributed by atoms with van der Waals surface area (Å²) in [6.07, 6.45) is 1.26. The molecule has 1 aromatic carbocycles. The molecule has 0 radical (unpaired) electrons. The van der Waals surface area contributed by atoms with Crippen molar-refractivity contribution in [2.24, 2.45) is 5.92 Å². The summed E-state index contributed by atoms with van der Waals surface area (Å²) in [7, 11) is 0. The molecule has 0 fully saturated rings.